The zero-order chi connectivity index (χ0) is 20.7. The molecule has 1 unspecified atom stereocenters. The molecule has 0 aliphatic carbocycles. The number of nitrogens with zero attached hydrogens (tertiary/aromatic N) is 3. The Morgan fingerprint density at radius 1 is 1.36 bits per heavy atom. The second kappa shape index (κ2) is 7.14. The minimum atomic E-state index is -3.77. The van der Waals surface area contributed by atoms with Gasteiger partial charge in [0, 0.05) is 18.8 Å². The van der Waals surface area contributed by atoms with E-state index in [0.29, 0.717) is 10.6 Å². The molecule has 0 radical (unpaired) electrons. The van der Waals surface area contributed by atoms with Crippen molar-refractivity contribution in [3.8, 4) is 0 Å². The molecule has 148 valence electrons. The first-order chi connectivity index (χ1) is 13.0. The van der Waals surface area contributed by atoms with E-state index in [9.17, 15) is 17.2 Å². The lowest BCUT2D eigenvalue weighted by atomic mass is 9.92. The molecule has 1 aromatic carbocycles. The van der Waals surface area contributed by atoms with Gasteiger partial charge in [0.05, 0.1) is 16.5 Å². The fraction of sp³-hybridized carbons (Fsp3) is 0.222. The zero-order valence-electron chi connectivity index (χ0n) is 15.0. The molecule has 6 nitrogen and oxygen atoms in total. The fourth-order valence-electron chi connectivity index (χ4n) is 2.87. The van der Waals surface area contributed by atoms with Crippen LogP contribution in [0.3, 0.4) is 0 Å². The Morgan fingerprint density at radius 2 is 2.07 bits per heavy atom. The predicted octanol–water partition coefficient (Wildman–Crippen LogP) is 3.15. The first-order valence-corrected chi connectivity index (χ1v) is 10.1. The van der Waals surface area contributed by atoms with Gasteiger partial charge in [-0.3, -0.25) is 4.98 Å². The maximum atomic E-state index is 14.5. The van der Waals surface area contributed by atoms with Crippen molar-refractivity contribution >= 4 is 39.5 Å². The monoisotopic (exact) mass is 426 g/mol. The fourth-order valence-corrected chi connectivity index (χ4v) is 4.43. The van der Waals surface area contributed by atoms with E-state index < -0.39 is 33.0 Å². The minimum Gasteiger partial charge on any atom is -0.369 e. The maximum Gasteiger partial charge on any atom is 0.239 e. The van der Waals surface area contributed by atoms with Crippen molar-refractivity contribution in [3.05, 3.63) is 64.2 Å². The van der Waals surface area contributed by atoms with E-state index in [0.717, 1.165) is 10.4 Å². The molecule has 1 aromatic heterocycles. The molecule has 28 heavy (non-hydrogen) atoms. The molecule has 2 heterocycles. The number of aliphatic imine (C=N–C) groups is 1. The summed E-state index contributed by atoms with van der Waals surface area (Å²) in [5.74, 6) is -2.03. The van der Waals surface area contributed by atoms with E-state index in [-0.39, 0.29) is 17.2 Å². The van der Waals surface area contributed by atoms with E-state index >= 15 is 0 Å². The number of pyridine rings is 1. The molecular formula is C18H17ClF2N4O2S. The van der Waals surface area contributed by atoms with Crippen LogP contribution in [0.25, 0.3) is 11.9 Å². The van der Waals surface area contributed by atoms with Crippen LogP contribution in [0.4, 0.5) is 8.78 Å². The molecule has 1 aliphatic heterocycles. The second-order valence-electron chi connectivity index (χ2n) is 6.56. The Hall–Kier alpha value is -2.52. The summed E-state index contributed by atoms with van der Waals surface area (Å²) in [6.45, 7) is 1.47. The zero-order valence-corrected chi connectivity index (χ0v) is 16.6. The highest BCUT2D eigenvalue weighted by Gasteiger charge is 2.41. The maximum absolute atomic E-state index is 14.5. The highest BCUT2D eigenvalue weighted by atomic mass is 35.5. The van der Waals surface area contributed by atoms with E-state index in [1.807, 2.05) is 0 Å². The molecule has 1 atom stereocenters. The molecular weight excluding hydrogens is 410 g/mol. The van der Waals surface area contributed by atoms with Gasteiger partial charge in [0.2, 0.25) is 16.0 Å². The molecule has 2 aromatic rings. The van der Waals surface area contributed by atoms with E-state index in [4.69, 9.17) is 17.3 Å². The number of nitrogens with two attached hydrogens (primary N) is 1. The van der Waals surface area contributed by atoms with Crippen LogP contribution < -0.4 is 5.73 Å². The number of sulfonamides is 1. The lowest BCUT2D eigenvalue weighted by molar-refractivity contribution is 0.458. The highest BCUT2D eigenvalue weighted by molar-refractivity contribution is 7.89. The van der Waals surface area contributed by atoms with Crippen LogP contribution in [0.2, 0.25) is 5.02 Å². The highest BCUT2D eigenvalue weighted by Crippen LogP contribution is 2.34. The number of aromatic nitrogens is 1. The van der Waals surface area contributed by atoms with Gasteiger partial charge in [0.25, 0.3) is 0 Å². The molecule has 0 fully saturated rings. The summed E-state index contributed by atoms with van der Waals surface area (Å²) in [4.78, 5) is 8.05. The quantitative estimate of drug-likeness (QED) is 0.816. The molecule has 0 amide bonds. The van der Waals surface area contributed by atoms with Gasteiger partial charge in [-0.15, -0.1) is 0 Å². The smallest absolute Gasteiger partial charge is 0.239 e. The van der Waals surface area contributed by atoms with Gasteiger partial charge < -0.3 is 5.73 Å². The molecule has 10 heteroatoms. The third kappa shape index (κ3) is 3.85. The Labute approximate surface area is 166 Å². The first kappa shape index (κ1) is 20.2. The summed E-state index contributed by atoms with van der Waals surface area (Å²) in [6, 6.07) is 6.76. The third-order valence-electron chi connectivity index (χ3n) is 4.40. The van der Waals surface area contributed by atoms with Crippen LogP contribution in [0, 0.1) is 5.82 Å². The molecule has 3 rings (SSSR count). The Bertz CT molecular complexity index is 1090. The molecule has 0 saturated carbocycles. The Morgan fingerprint density at radius 3 is 2.68 bits per heavy atom. The first-order valence-electron chi connectivity index (χ1n) is 8.13. The van der Waals surface area contributed by atoms with Crippen LogP contribution in [-0.2, 0) is 15.6 Å². The average molecular weight is 427 g/mol. The van der Waals surface area contributed by atoms with Crippen molar-refractivity contribution in [1.29, 1.82) is 0 Å². The van der Waals surface area contributed by atoms with Crippen molar-refractivity contribution in [2.75, 3.05) is 12.8 Å². The van der Waals surface area contributed by atoms with Crippen LogP contribution in [0.15, 0.2) is 41.5 Å². The second-order valence-corrected chi connectivity index (χ2v) is 9.00. The number of rotatable bonds is 3. The number of hydrogen-bond acceptors (Lipinski definition) is 5. The van der Waals surface area contributed by atoms with Gasteiger partial charge >= 0.3 is 0 Å². The van der Waals surface area contributed by atoms with Gasteiger partial charge in [0.15, 0.2) is 0 Å². The van der Waals surface area contributed by atoms with Gasteiger partial charge in [0.1, 0.15) is 17.2 Å². The number of hydrogen-bond donors (Lipinski definition) is 1. The van der Waals surface area contributed by atoms with Crippen LogP contribution in [-0.4, -0.2) is 36.5 Å². The van der Waals surface area contributed by atoms with E-state index in [1.165, 1.54) is 50.5 Å². The summed E-state index contributed by atoms with van der Waals surface area (Å²) in [5.41, 5.74) is 4.64. The summed E-state index contributed by atoms with van der Waals surface area (Å²) in [6.07, 6.45) is 2.47. The van der Waals surface area contributed by atoms with Gasteiger partial charge in [-0.1, -0.05) is 17.7 Å². The van der Waals surface area contributed by atoms with Gasteiger partial charge in [-0.05, 0) is 42.8 Å². The van der Waals surface area contributed by atoms with E-state index in [2.05, 4.69) is 9.98 Å². The van der Waals surface area contributed by atoms with Crippen molar-refractivity contribution in [1.82, 2.24) is 9.29 Å². The minimum absolute atomic E-state index is 0.00209. The predicted molar refractivity (Wildman–Crippen MR) is 105 cm³/mol. The summed E-state index contributed by atoms with van der Waals surface area (Å²) in [7, 11) is -2.49. The third-order valence-corrected chi connectivity index (χ3v) is 6.57. The van der Waals surface area contributed by atoms with Gasteiger partial charge in [-0.25, -0.2) is 26.5 Å². The molecule has 1 aliphatic rings. The number of halogens is 3. The normalized spacial score (nSPS) is 22.1. The van der Waals surface area contributed by atoms with Crippen molar-refractivity contribution in [3.63, 3.8) is 0 Å². The molecule has 0 bridgehead atoms. The molecule has 2 N–H and O–H groups in total. The number of guanidine groups is 1. The average Bonchev–Trinajstić information content (AvgIpc) is 2.61. The lowest BCUT2D eigenvalue weighted by Gasteiger charge is -2.34. The topological polar surface area (TPSA) is 88.7 Å². The SMILES string of the molecule is CN1C(N)=NC(C)(c2cc(C=C(F)c3ccc(Cl)cn3)ccc2F)CS1(=O)=O. The van der Waals surface area contributed by atoms with Gasteiger partial charge in [-0.2, -0.15) is 0 Å². The van der Waals surface area contributed by atoms with Crippen molar-refractivity contribution in [2.45, 2.75) is 12.5 Å². The largest absolute Gasteiger partial charge is 0.369 e. The van der Waals surface area contributed by atoms with Crippen LogP contribution >= 0.6 is 11.6 Å². The lowest BCUT2D eigenvalue weighted by Crippen LogP contribution is -2.50. The number of benzene rings is 1. The Kier molecular flexibility index (Phi) is 5.16. The molecule has 0 spiro atoms. The summed E-state index contributed by atoms with van der Waals surface area (Å²) < 4.78 is 54.5. The van der Waals surface area contributed by atoms with Crippen LogP contribution in [0.1, 0.15) is 23.7 Å². The summed E-state index contributed by atoms with van der Waals surface area (Å²) >= 11 is 5.74. The van der Waals surface area contributed by atoms with E-state index in [1.54, 1.807) is 0 Å². The van der Waals surface area contributed by atoms with Crippen molar-refractivity contribution < 1.29 is 17.2 Å². The Balaban J connectivity index is 2.05. The van der Waals surface area contributed by atoms with Crippen LogP contribution in [0.5, 0.6) is 0 Å². The van der Waals surface area contributed by atoms with Crippen molar-refractivity contribution in [2.24, 2.45) is 10.7 Å². The standard InChI is InChI=1S/C18H17ClF2N4O2S/c1-18(10-28(26,27)25(2)17(22)24-18)13-7-11(3-5-14(13)20)8-15(21)16-6-4-12(19)9-23-16/h3-9H,10H2,1-2H3,(H2,22,24). The summed E-state index contributed by atoms with van der Waals surface area (Å²) in [5, 5.41) is 0.368. The molecule has 0 saturated heterocycles.